The van der Waals surface area contributed by atoms with Gasteiger partial charge < -0.3 is 4.90 Å². The van der Waals surface area contributed by atoms with Crippen molar-refractivity contribution in [3.05, 3.63) is 16.6 Å². The molecule has 1 fully saturated rings. The van der Waals surface area contributed by atoms with Gasteiger partial charge >= 0.3 is 0 Å². The van der Waals surface area contributed by atoms with Gasteiger partial charge in [0, 0.05) is 12.6 Å². The summed E-state index contributed by atoms with van der Waals surface area (Å²) in [4.78, 5) is 22.5. The smallest absolute Gasteiger partial charge is 0.263 e. The third-order valence-corrected chi connectivity index (χ3v) is 4.79. The lowest BCUT2D eigenvalue weighted by atomic mass is 10.0. The maximum absolute atomic E-state index is 12.5. The van der Waals surface area contributed by atoms with Crippen molar-refractivity contribution in [1.82, 2.24) is 19.7 Å². The molecule has 24 heavy (non-hydrogen) atoms. The molecule has 0 aliphatic carbocycles. The molecule has 1 N–H and O–H groups in total. The molecule has 0 saturated carbocycles. The van der Waals surface area contributed by atoms with Crippen LogP contribution in [0.15, 0.2) is 11.0 Å². The maximum Gasteiger partial charge on any atom is 0.263 e. The number of hydrogen-bond acceptors (Lipinski definition) is 4. The second-order valence-corrected chi connectivity index (χ2v) is 8.31. The molecule has 2 aromatic rings. The minimum absolute atomic E-state index is 0.0972. The Bertz CT molecular complexity index is 768. The van der Waals surface area contributed by atoms with E-state index in [4.69, 9.17) is 4.98 Å². The van der Waals surface area contributed by atoms with Gasteiger partial charge in [0.05, 0.1) is 11.7 Å². The highest BCUT2D eigenvalue weighted by molar-refractivity contribution is 5.74. The first-order chi connectivity index (χ1) is 11.3. The Morgan fingerprint density at radius 3 is 2.79 bits per heavy atom. The zero-order valence-corrected chi connectivity index (χ0v) is 15.5. The first-order valence-corrected chi connectivity index (χ1v) is 9.02. The van der Waals surface area contributed by atoms with E-state index in [1.165, 1.54) is 12.8 Å². The highest BCUT2D eigenvalue weighted by Crippen LogP contribution is 2.27. The second-order valence-electron chi connectivity index (χ2n) is 8.31. The lowest BCUT2D eigenvalue weighted by molar-refractivity contribution is 0.366. The molecule has 3 rings (SSSR count). The summed E-state index contributed by atoms with van der Waals surface area (Å²) in [5.41, 5.74) is 0.373. The van der Waals surface area contributed by atoms with E-state index in [1.807, 2.05) is 4.68 Å². The third kappa shape index (κ3) is 3.19. The molecule has 2 aromatic heterocycles. The summed E-state index contributed by atoms with van der Waals surface area (Å²) in [7, 11) is 0. The van der Waals surface area contributed by atoms with Crippen molar-refractivity contribution in [2.75, 3.05) is 11.4 Å². The summed E-state index contributed by atoms with van der Waals surface area (Å²) in [6.07, 6.45) is 6.30. The minimum Gasteiger partial charge on any atom is -0.339 e. The highest BCUT2D eigenvalue weighted by atomic mass is 16.1. The van der Waals surface area contributed by atoms with Gasteiger partial charge in [-0.1, -0.05) is 13.8 Å². The molecule has 0 amide bonds. The molecule has 6 heteroatoms. The largest absolute Gasteiger partial charge is 0.339 e. The summed E-state index contributed by atoms with van der Waals surface area (Å²) in [6, 6.07) is 0.471. The lowest BCUT2D eigenvalue weighted by Gasteiger charge is -2.26. The molecule has 0 aromatic carbocycles. The molecule has 132 valence electrons. The quantitative estimate of drug-likeness (QED) is 0.933. The van der Waals surface area contributed by atoms with Crippen molar-refractivity contribution < 1.29 is 0 Å². The monoisotopic (exact) mass is 331 g/mol. The van der Waals surface area contributed by atoms with Gasteiger partial charge in [-0.05, 0) is 52.4 Å². The van der Waals surface area contributed by atoms with E-state index < -0.39 is 0 Å². The lowest BCUT2D eigenvalue weighted by Crippen LogP contribution is -2.33. The third-order valence-electron chi connectivity index (χ3n) is 4.79. The molecule has 1 saturated heterocycles. The fourth-order valence-corrected chi connectivity index (χ4v) is 3.47. The van der Waals surface area contributed by atoms with Crippen molar-refractivity contribution in [3.8, 4) is 0 Å². The van der Waals surface area contributed by atoms with Gasteiger partial charge in [-0.2, -0.15) is 10.1 Å². The zero-order valence-electron chi connectivity index (χ0n) is 15.5. The van der Waals surface area contributed by atoms with Crippen molar-refractivity contribution in [3.63, 3.8) is 0 Å². The fourth-order valence-electron chi connectivity index (χ4n) is 3.47. The molecule has 6 nitrogen and oxygen atoms in total. The van der Waals surface area contributed by atoms with Crippen LogP contribution in [0.2, 0.25) is 0 Å². The SMILES string of the molecule is CC(C)CCC1CCCN1c1nc2c(cnn2C(C)(C)C)c(=O)[nH]1. The number of rotatable bonds is 4. The molecule has 0 radical (unpaired) electrons. The van der Waals surface area contributed by atoms with Gasteiger partial charge in [-0.15, -0.1) is 0 Å². The number of anilines is 1. The van der Waals surface area contributed by atoms with Crippen molar-refractivity contribution in [1.29, 1.82) is 0 Å². The maximum atomic E-state index is 12.5. The summed E-state index contributed by atoms with van der Waals surface area (Å²) < 4.78 is 1.85. The Morgan fingerprint density at radius 1 is 1.38 bits per heavy atom. The number of aromatic amines is 1. The van der Waals surface area contributed by atoms with Gasteiger partial charge in [0.25, 0.3) is 5.56 Å². The Hall–Kier alpha value is -1.85. The molecule has 1 atom stereocenters. The van der Waals surface area contributed by atoms with Crippen LogP contribution in [0.25, 0.3) is 11.0 Å². The van der Waals surface area contributed by atoms with Crippen LogP contribution in [0.1, 0.15) is 60.3 Å². The Labute approximate surface area is 143 Å². The van der Waals surface area contributed by atoms with Crippen LogP contribution >= 0.6 is 0 Å². The Morgan fingerprint density at radius 2 is 2.12 bits per heavy atom. The van der Waals surface area contributed by atoms with Crippen LogP contribution in [0.3, 0.4) is 0 Å². The van der Waals surface area contributed by atoms with Crippen LogP contribution in [0, 0.1) is 5.92 Å². The fraction of sp³-hybridized carbons (Fsp3) is 0.722. The molecular formula is C18H29N5O. The highest BCUT2D eigenvalue weighted by Gasteiger charge is 2.28. The molecule has 3 heterocycles. The van der Waals surface area contributed by atoms with Crippen molar-refractivity contribution >= 4 is 17.0 Å². The van der Waals surface area contributed by atoms with Crippen LogP contribution in [-0.2, 0) is 5.54 Å². The first kappa shape index (κ1) is 17.0. The summed E-state index contributed by atoms with van der Waals surface area (Å²) in [5.74, 6) is 1.40. The average molecular weight is 331 g/mol. The van der Waals surface area contributed by atoms with Gasteiger partial charge in [-0.25, -0.2) is 4.68 Å². The number of H-pyrrole nitrogens is 1. The normalized spacial score (nSPS) is 18.9. The number of nitrogens with zero attached hydrogens (tertiary/aromatic N) is 4. The number of nitrogens with one attached hydrogen (secondary N) is 1. The van der Waals surface area contributed by atoms with Crippen LogP contribution in [-0.4, -0.2) is 32.3 Å². The predicted molar refractivity (Wildman–Crippen MR) is 97.6 cm³/mol. The predicted octanol–water partition coefficient (Wildman–Crippen LogP) is 3.28. The van der Waals surface area contributed by atoms with Gasteiger partial charge in [0.15, 0.2) is 5.65 Å². The van der Waals surface area contributed by atoms with Gasteiger partial charge in [0.1, 0.15) is 5.39 Å². The van der Waals surface area contributed by atoms with Gasteiger partial charge in [0.2, 0.25) is 5.95 Å². The van der Waals surface area contributed by atoms with E-state index in [-0.39, 0.29) is 11.1 Å². The van der Waals surface area contributed by atoms with Crippen molar-refractivity contribution in [2.24, 2.45) is 5.92 Å². The van der Waals surface area contributed by atoms with E-state index in [0.717, 1.165) is 19.4 Å². The zero-order chi connectivity index (χ0) is 17.5. The average Bonchev–Trinajstić information content (AvgIpc) is 3.10. The van der Waals surface area contributed by atoms with E-state index in [9.17, 15) is 4.79 Å². The molecule has 1 unspecified atom stereocenters. The van der Waals surface area contributed by atoms with E-state index >= 15 is 0 Å². The number of fused-ring (bicyclic) bond motifs is 1. The standard InChI is InChI=1S/C18H29N5O/c1-12(2)8-9-13-7-6-10-22(13)17-20-15-14(16(24)21-17)11-19-23(15)18(3,4)5/h11-13H,6-10H2,1-5H3,(H,20,21,24). The Kier molecular flexibility index (Phi) is 4.40. The van der Waals surface area contributed by atoms with E-state index in [1.54, 1.807) is 6.20 Å². The first-order valence-electron chi connectivity index (χ1n) is 9.02. The number of aromatic nitrogens is 4. The van der Waals surface area contributed by atoms with E-state index in [0.29, 0.717) is 28.9 Å². The second kappa shape index (κ2) is 6.22. The summed E-state index contributed by atoms with van der Waals surface area (Å²) in [6.45, 7) is 11.7. The summed E-state index contributed by atoms with van der Waals surface area (Å²) >= 11 is 0. The minimum atomic E-state index is -0.206. The topological polar surface area (TPSA) is 66.8 Å². The van der Waals surface area contributed by atoms with Crippen LogP contribution in [0.4, 0.5) is 5.95 Å². The molecule has 1 aliphatic heterocycles. The summed E-state index contributed by atoms with van der Waals surface area (Å²) in [5, 5.41) is 4.95. The van der Waals surface area contributed by atoms with E-state index in [2.05, 4.69) is 49.6 Å². The molecule has 1 aliphatic rings. The molecule has 0 bridgehead atoms. The van der Waals surface area contributed by atoms with Crippen LogP contribution in [0.5, 0.6) is 0 Å². The molecule has 0 spiro atoms. The van der Waals surface area contributed by atoms with Gasteiger partial charge in [-0.3, -0.25) is 9.78 Å². The van der Waals surface area contributed by atoms with Crippen molar-refractivity contribution in [2.45, 2.75) is 71.9 Å². The van der Waals surface area contributed by atoms with Crippen LogP contribution < -0.4 is 10.5 Å². The Balaban J connectivity index is 1.99. The number of hydrogen-bond donors (Lipinski definition) is 1. The molecular weight excluding hydrogens is 302 g/mol.